The summed E-state index contributed by atoms with van der Waals surface area (Å²) < 4.78 is 46.9. The van der Waals surface area contributed by atoms with E-state index in [2.05, 4.69) is 9.73 Å². The highest BCUT2D eigenvalue weighted by molar-refractivity contribution is 5.72. The third-order valence-corrected chi connectivity index (χ3v) is 2.58. The second kappa shape index (κ2) is 7.05. The van der Waals surface area contributed by atoms with Crippen LogP contribution in [0.25, 0.3) is 0 Å². The number of ether oxygens (including phenoxy) is 2. The lowest BCUT2D eigenvalue weighted by atomic mass is 10.1. The fourth-order valence-electron chi connectivity index (χ4n) is 1.47. The highest BCUT2D eigenvalue weighted by Gasteiger charge is 2.31. The molecule has 21 heavy (non-hydrogen) atoms. The van der Waals surface area contributed by atoms with E-state index in [1.54, 1.807) is 25.1 Å². The zero-order chi connectivity index (χ0) is 16.0. The Bertz CT molecular complexity index is 502. The molecule has 0 fully saturated rings. The monoisotopic (exact) mass is 305 g/mol. The number of halogens is 3. The minimum absolute atomic E-state index is 0.202. The third kappa shape index (κ3) is 5.41. The number of benzene rings is 1. The molecular formula is C13H18F3N3O2. The van der Waals surface area contributed by atoms with Crippen LogP contribution in [0.5, 0.6) is 5.75 Å². The Morgan fingerprint density at radius 2 is 1.95 bits per heavy atom. The Morgan fingerprint density at radius 1 is 1.29 bits per heavy atom. The van der Waals surface area contributed by atoms with Crippen LogP contribution in [0.4, 0.5) is 18.9 Å². The number of alkyl halides is 3. The van der Waals surface area contributed by atoms with Gasteiger partial charge in [-0.1, -0.05) is 0 Å². The van der Waals surface area contributed by atoms with Gasteiger partial charge in [0.05, 0.1) is 19.2 Å². The van der Waals surface area contributed by atoms with Crippen molar-refractivity contribution in [3.05, 3.63) is 23.8 Å². The smallest absolute Gasteiger partial charge is 0.416 e. The molecule has 0 radical (unpaired) electrons. The number of aliphatic imine (C=N–C) groups is 1. The van der Waals surface area contributed by atoms with Crippen LogP contribution in [0.3, 0.4) is 0 Å². The first-order chi connectivity index (χ1) is 9.74. The van der Waals surface area contributed by atoms with Gasteiger partial charge < -0.3 is 20.1 Å². The number of amidine groups is 1. The highest BCUT2D eigenvalue weighted by atomic mass is 19.4. The molecule has 118 valence electrons. The number of nitrogens with zero attached hydrogens (tertiary/aromatic N) is 2. The molecule has 1 aromatic carbocycles. The maximum absolute atomic E-state index is 12.5. The van der Waals surface area contributed by atoms with Crippen LogP contribution in [0.15, 0.2) is 23.2 Å². The van der Waals surface area contributed by atoms with Gasteiger partial charge in [0.25, 0.3) is 6.02 Å². The van der Waals surface area contributed by atoms with Crippen LogP contribution in [0.1, 0.15) is 5.56 Å². The fourth-order valence-corrected chi connectivity index (χ4v) is 1.47. The van der Waals surface area contributed by atoms with Crippen LogP contribution < -0.4 is 15.4 Å². The van der Waals surface area contributed by atoms with Crippen molar-refractivity contribution < 1.29 is 22.6 Å². The number of methoxy groups -OCH3 is 1. The Kier molecular flexibility index (Phi) is 5.69. The van der Waals surface area contributed by atoms with E-state index < -0.39 is 11.7 Å². The van der Waals surface area contributed by atoms with E-state index in [0.29, 0.717) is 18.3 Å². The summed E-state index contributed by atoms with van der Waals surface area (Å²) >= 11 is 0. The molecule has 5 nitrogen and oxygen atoms in total. The van der Waals surface area contributed by atoms with Gasteiger partial charge in [0, 0.05) is 25.8 Å². The summed E-state index contributed by atoms with van der Waals surface area (Å²) in [5.41, 5.74) is 4.82. The molecule has 1 aliphatic heterocycles. The predicted octanol–water partition coefficient (Wildman–Crippen LogP) is 2.11. The van der Waals surface area contributed by atoms with Gasteiger partial charge in [0.1, 0.15) is 12.4 Å². The van der Waals surface area contributed by atoms with Crippen molar-refractivity contribution in [3.63, 3.8) is 0 Å². The van der Waals surface area contributed by atoms with Crippen molar-refractivity contribution in [3.8, 4) is 5.75 Å². The Morgan fingerprint density at radius 3 is 2.29 bits per heavy atom. The number of anilines is 1. The zero-order valence-electron chi connectivity index (χ0n) is 12.1. The first kappa shape index (κ1) is 16.9. The van der Waals surface area contributed by atoms with Crippen molar-refractivity contribution in [2.75, 3.05) is 39.3 Å². The van der Waals surface area contributed by atoms with E-state index >= 15 is 0 Å². The first-order valence-electron chi connectivity index (χ1n) is 6.10. The van der Waals surface area contributed by atoms with Gasteiger partial charge in [-0.2, -0.15) is 13.2 Å². The van der Waals surface area contributed by atoms with Gasteiger partial charge in [-0.3, -0.25) is 0 Å². The molecule has 0 amide bonds. The van der Waals surface area contributed by atoms with Gasteiger partial charge in [-0.05, 0) is 12.1 Å². The minimum Gasteiger partial charge on any atom is -0.497 e. The number of hydrogen-bond acceptors (Lipinski definition) is 5. The van der Waals surface area contributed by atoms with Crippen LogP contribution in [0, 0.1) is 0 Å². The van der Waals surface area contributed by atoms with Crippen LogP contribution >= 0.6 is 0 Å². The Hall–Kier alpha value is -2.12. The van der Waals surface area contributed by atoms with Crippen molar-refractivity contribution in [1.82, 2.24) is 0 Å². The van der Waals surface area contributed by atoms with Gasteiger partial charge in [-0.25, -0.2) is 4.99 Å². The average molecular weight is 305 g/mol. The largest absolute Gasteiger partial charge is 0.497 e. The SMILES string of the molecule is COc1cc(N(C)C)cc(C(F)(F)F)c1.NC1=NCCO1. The maximum Gasteiger partial charge on any atom is 0.416 e. The normalized spacial score (nSPS) is 13.7. The number of nitrogens with two attached hydrogens (primary N) is 1. The second-order valence-corrected chi connectivity index (χ2v) is 4.38. The third-order valence-electron chi connectivity index (χ3n) is 2.58. The fraction of sp³-hybridized carbons (Fsp3) is 0.462. The van der Waals surface area contributed by atoms with E-state index in [1.807, 2.05) is 0 Å². The minimum atomic E-state index is -4.35. The lowest BCUT2D eigenvalue weighted by Crippen LogP contribution is -2.12. The van der Waals surface area contributed by atoms with E-state index in [1.165, 1.54) is 7.11 Å². The molecule has 8 heteroatoms. The van der Waals surface area contributed by atoms with Gasteiger partial charge in [-0.15, -0.1) is 0 Å². The molecule has 0 saturated carbocycles. The molecule has 0 atom stereocenters. The first-order valence-corrected chi connectivity index (χ1v) is 6.10. The topological polar surface area (TPSA) is 60.1 Å². The summed E-state index contributed by atoms with van der Waals surface area (Å²) in [4.78, 5) is 5.30. The summed E-state index contributed by atoms with van der Waals surface area (Å²) in [5, 5.41) is 0. The molecule has 1 aromatic rings. The Balaban J connectivity index is 0.000000304. The molecular weight excluding hydrogens is 287 g/mol. The van der Waals surface area contributed by atoms with Crippen molar-refractivity contribution in [2.24, 2.45) is 10.7 Å². The molecule has 0 aliphatic carbocycles. The zero-order valence-corrected chi connectivity index (χ0v) is 12.1. The summed E-state index contributed by atoms with van der Waals surface area (Å²) in [6.07, 6.45) is -4.35. The highest BCUT2D eigenvalue weighted by Crippen LogP contribution is 2.34. The van der Waals surface area contributed by atoms with Crippen LogP contribution in [0.2, 0.25) is 0 Å². The summed E-state index contributed by atoms with van der Waals surface area (Å²) in [5.74, 6) is 0.202. The predicted molar refractivity (Wildman–Crippen MR) is 74.8 cm³/mol. The maximum atomic E-state index is 12.5. The van der Waals surface area contributed by atoms with E-state index in [-0.39, 0.29) is 5.75 Å². The molecule has 1 heterocycles. The lowest BCUT2D eigenvalue weighted by Gasteiger charge is -2.16. The molecule has 0 saturated heterocycles. The van der Waals surface area contributed by atoms with Gasteiger partial charge in [0.15, 0.2) is 0 Å². The number of hydrogen-bond donors (Lipinski definition) is 1. The summed E-state index contributed by atoms with van der Waals surface area (Å²) in [7, 11) is 4.69. The Labute approximate surface area is 121 Å². The van der Waals surface area contributed by atoms with E-state index in [0.717, 1.165) is 18.7 Å². The van der Waals surface area contributed by atoms with E-state index in [4.69, 9.17) is 10.5 Å². The second-order valence-electron chi connectivity index (χ2n) is 4.38. The van der Waals surface area contributed by atoms with Crippen LogP contribution in [-0.2, 0) is 10.9 Å². The number of rotatable bonds is 2. The van der Waals surface area contributed by atoms with Crippen LogP contribution in [-0.4, -0.2) is 40.4 Å². The van der Waals surface area contributed by atoms with E-state index in [9.17, 15) is 13.2 Å². The average Bonchev–Trinajstić information content (AvgIpc) is 2.89. The van der Waals surface area contributed by atoms with Gasteiger partial charge in [0.2, 0.25) is 0 Å². The molecule has 0 spiro atoms. The molecule has 0 unspecified atom stereocenters. The molecule has 0 bridgehead atoms. The standard InChI is InChI=1S/C10H12F3NO.C3H6N2O/c1-14(2)8-4-7(10(11,12)13)5-9(6-8)15-3;4-3-5-1-2-6-3/h4-6H,1-3H3;1-2H2,(H2,4,5). The summed E-state index contributed by atoms with van der Waals surface area (Å²) in [6, 6.07) is 3.94. The lowest BCUT2D eigenvalue weighted by molar-refractivity contribution is -0.137. The van der Waals surface area contributed by atoms with Crippen molar-refractivity contribution in [1.29, 1.82) is 0 Å². The van der Waals surface area contributed by atoms with Crippen molar-refractivity contribution in [2.45, 2.75) is 6.18 Å². The molecule has 0 aromatic heterocycles. The van der Waals surface area contributed by atoms with Crippen molar-refractivity contribution >= 4 is 11.7 Å². The molecule has 2 N–H and O–H groups in total. The van der Waals surface area contributed by atoms with Gasteiger partial charge >= 0.3 is 6.18 Å². The molecule has 1 aliphatic rings. The quantitative estimate of drug-likeness (QED) is 0.909. The molecule has 2 rings (SSSR count). The summed E-state index contributed by atoms with van der Waals surface area (Å²) in [6.45, 7) is 1.39.